The first-order valence-corrected chi connectivity index (χ1v) is 23.0. The number of ketones is 2. The first-order chi connectivity index (χ1) is 32.8. The largest absolute Gasteiger partial charge is 0.495 e. The Hall–Kier alpha value is -6.43. The van der Waals surface area contributed by atoms with E-state index in [4.69, 9.17) is 67.5 Å². The summed E-state index contributed by atoms with van der Waals surface area (Å²) in [5, 5.41) is 26.5. The third-order valence-corrected chi connectivity index (χ3v) is 11.4. The Morgan fingerprint density at radius 3 is 1.42 bits per heavy atom. The van der Waals surface area contributed by atoms with Crippen LogP contribution in [0.4, 0.5) is 34.1 Å². The van der Waals surface area contributed by atoms with E-state index >= 15 is 0 Å². The second-order valence-corrected chi connectivity index (χ2v) is 17.6. The lowest BCUT2D eigenvalue weighted by atomic mass is 10.1. The molecule has 0 radical (unpaired) electrons. The van der Waals surface area contributed by atoms with Gasteiger partial charge in [0.1, 0.15) is 22.9 Å². The molecule has 0 fully saturated rings. The van der Waals surface area contributed by atoms with Gasteiger partial charge >= 0.3 is 0 Å². The Balaban J connectivity index is 1.29. The molecule has 4 unspecified atom stereocenters. The number of amides is 4. The van der Waals surface area contributed by atoms with E-state index < -0.39 is 47.3 Å². The number of Topliss-reactive ketones (excluding diaryl/α,β-unsaturated/α-hetero) is 2. The third kappa shape index (κ3) is 14.3. The number of rotatable bonds is 20. The maximum Gasteiger partial charge on any atom is 0.258 e. The molecule has 0 aliphatic heterocycles. The zero-order valence-electron chi connectivity index (χ0n) is 37.8. The molecule has 5 aromatic carbocycles. The van der Waals surface area contributed by atoms with E-state index in [9.17, 15) is 28.8 Å². The van der Waals surface area contributed by atoms with E-state index in [1.807, 2.05) is 0 Å². The second-order valence-electron chi connectivity index (χ2n) is 15.1. The number of carbonyl (C=O) groups is 6. The number of ether oxygens (including phenoxy) is 2. The van der Waals surface area contributed by atoms with E-state index in [1.165, 1.54) is 68.8 Å². The third-order valence-electron chi connectivity index (χ3n) is 10.1. The zero-order valence-corrected chi connectivity index (χ0v) is 41.6. The highest BCUT2D eigenvalue weighted by Gasteiger charge is 2.27. The number of nitrogens with one attached hydrogen (secondary N) is 4. The summed E-state index contributed by atoms with van der Waals surface area (Å²) in [4.78, 5) is 79.1. The molecule has 360 valence electrons. The summed E-state index contributed by atoms with van der Waals surface area (Å²) in [6.45, 7) is 5.89. The van der Waals surface area contributed by atoms with E-state index in [-0.39, 0.29) is 67.0 Å². The van der Waals surface area contributed by atoms with Crippen LogP contribution in [0.1, 0.15) is 75.9 Å². The van der Waals surface area contributed by atoms with Gasteiger partial charge in [-0.3, -0.25) is 28.8 Å². The van der Waals surface area contributed by atoms with Crippen LogP contribution in [0.3, 0.4) is 0 Å². The highest BCUT2D eigenvalue weighted by Crippen LogP contribution is 2.34. The summed E-state index contributed by atoms with van der Waals surface area (Å²) in [5.74, 6) is -3.18. The lowest BCUT2D eigenvalue weighted by molar-refractivity contribution is -0.127. The van der Waals surface area contributed by atoms with Crippen molar-refractivity contribution in [1.29, 1.82) is 0 Å². The van der Waals surface area contributed by atoms with Crippen LogP contribution in [0.15, 0.2) is 111 Å². The predicted octanol–water partition coefficient (Wildman–Crippen LogP) is 12.3. The Labute approximate surface area is 422 Å². The molecule has 0 aliphatic rings. The van der Waals surface area contributed by atoms with Crippen molar-refractivity contribution >= 4 is 127 Å². The Morgan fingerprint density at radius 1 is 0.565 bits per heavy atom. The van der Waals surface area contributed by atoms with Crippen molar-refractivity contribution < 1.29 is 38.2 Å². The van der Waals surface area contributed by atoms with Crippen LogP contribution in [-0.2, 0) is 25.6 Å². The van der Waals surface area contributed by atoms with E-state index in [1.54, 1.807) is 50.2 Å². The number of nitrogens with zero attached hydrogens (tertiary/aromatic N) is 4. The van der Waals surface area contributed by atoms with Crippen LogP contribution < -0.4 is 30.7 Å². The lowest BCUT2D eigenvalue weighted by Crippen LogP contribution is -2.32. The number of anilines is 4. The van der Waals surface area contributed by atoms with Gasteiger partial charge in [-0.1, -0.05) is 35.3 Å². The van der Waals surface area contributed by atoms with Crippen LogP contribution >= 0.6 is 58.0 Å². The molecule has 0 spiro atoms. The summed E-state index contributed by atoms with van der Waals surface area (Å²) in [5.41, 5.74) is 3.44. The Morgan fingerprint density at radius 2 is 1.01 bits per heavy atom. The molecule has 0 saturated heterocycles. The minimum absolute atomic E-state index is 0.00511. The number of azo groups is 2. The van der Waals surface area contributed by atoms with Gasteiger partial charge in [0.2, 0.25) is 12.1 Å². The lowest BCUT2D eigenvalue weighted by Gasteiger charge is -2.16. The zero-order chi connectivity index (χ0) is 50.5. The maximum atomic E-state index is 13.6. The molecule has 4 N–H and O–H groups in total. The average Bonchev–Trinajstić information content (AvgIpc) is 3.30. The number of carbonyl (C=O) groups excluding carboxylic acids is 6. The molecule has 5 rings (SSSR count). The van der Waals surface area contributed by atoms with Crippen LogP contribution in [0, 0.1) is 0 Å². The molecule has 5 aromatic rings. The monoisotopic (exact) mass is 1040 g/mol. The molecule has 16 nitrogen and oxygen atoms in total. The molecular weight excluding hydrogens is 994 g/mol. The van der Waals surface area contributed by atoms with Gasteiger partial charge in [0.15, 0.2) is 11.6 Å². The topological polar surface area (TPSA) is 218 Å². The van der Waals surface area contributed by atoms with Crippen molar-refractivity contribution in [3.63, 3.8) is 0 Å². The maximum absolute atomic E-state index is 13.6. The Kier molecular flexibility index (Phi) is 19.2. The number of benzene rings is 5. The van der Waals surface area contributed by atoms with Gasteiger partial charge < -0.3 is 30.7 Å². The normalized spacial score (nSPS) is 13.0. The van der Waals surface area contributed by atoms with Crippen molar-refractivity contribution in [2.45, 2.75) is 57.0 Å². The van der Waals surface area contributed by atoms with Gasteiger partial charge in [-0.2, -0.15) is 20.5 Å². The van der Waals surface area contributed by atoms with Gasteiger partial charge in [-0.05, 0) is 130 Å². The number of hydrogen-bond donors (Lipinski definition) is 4. The SMILES string of the molecule is COc1ccc(C(C)Cl)cc1NC(=O)c1ccc(Cl)c(N=NC(C(C)=O)C(=O)Nc2ccc(NC(=O)C(N=Nc3cc(C(=O)Nc4cc(C(C)Cl)ccc4OC)ccc3Cl)C(C)=O)c(CCCl)c2)c1. The van der Waals surface area contributed by atoms with Crippen LogP contribution in [-0.4, -0.2) is 67.4 Å². The van der Waals surface area contributed by atoms with E-state index in [2.05, 4.69) is 41.7 Å². The van der Waals surface area contributed by atoms with Crippen molar-refractivity contribution in [2.24, 2.45) is 20.5 Å². The minimum Gasteiger partial charge on any atom is -0.495 e. The molecule has 0 saturated carbocycles. The molecule has 0 heterocycles. The molecule has 4 atom stereocenters. The van der Waals surface area contributed by atoms with Crippen LogP contribution in [0.5, 0.6) is 11.5 Å². The van der Waals surface area contributed by atoms with Gasteiger partial charge in [-0.25, -0.2) is 0 Å². The number of hydrogen-bond acceptors (Lipinski definition) is 12. The number of alkyl halides is 3. The first kappa shape index (κ1) is 53.5. The van der Waals surface area contributed by atoms with Gasteiger partial charge in [0.05, 0.1) is 46.4 Å². The summed E-state index contributed by atoms with van der Waals surface area (Å²) in [6, 6.07) is 19.9. The predicted molar refractivity (Wildman–Crippen MR) is 269 cm³/mol. The molecule has 0 aliphatic carbocycles. The number of halogens is 5. The van der Waals surface area contributed by atoms with Crippen molar-refractivity contribution in [1.82, 2.24) is 0 Å². The molecule has 21 heteroatoms. The smallest absolute Gasteiger partial charge is 0.258 e. The van der Waals surface area contributed by atoms with Gasteiger partial charge in [0.25, 0.3) is 23.6 Å². The summed E-state index contributed by atoms with van der Waals surface area (Å²) in [6.07, 6.45) is 0.195. The molecule has 69 heavy (non-hydrogen) atoms. The number of methoxy groups -OCH3 is 2. The number of aryl methyl sites for hydroxylation is 1. The molecule has 4 amide bonds. The second kappa shape index (κ2) is 24.7. The van der Waals surface area contributed by atoms with Crippen molar-refractivity contribution in [3.8, 4) is 11.5 Å². The molecule has 0 aromatic heterocycles. The highest BCUT2D eigenvalue weighted by atomic mass is 35.5. The summed E-state index contributed by atoms with van der Waals surface area (Å²) < 4.78 is 10.8. The Bertz CT molecular complexity index is 2840. The first-order valence-electron chi connectivity index (χ1n) is 20.8. The standard InChI is InChI=1S/C48H45Cl5N8O8/c1-24(50)28-9-15-41(68-5)39(20-28)56-45(64)31-7-12-34(52)37(22-31)58-60-43(26(3)62)47(66)54-33-11-14-36(30(19-33)17-18-49)55-48(67)44(27(4)63)61-59-38-23-32(8-13-35(38)53)46(65)57-40-21-29(25(2)51)10-16-42(40)69-6/h7-16,19-25,43-44H,17-18H2,1-6H3,(H,54,66)(H,55,67)(H,56,64)(H,57,65). The highest BCUT2D eigenvalue weighted by molar-refractivity contribution is 6.33. The fraction of sp³-hybridized carbons (Fsp3) is 0.250. The summed E-state index contributed by atoms with van der Waals surface area (Å²) in [7, 11) is 2.92. The quantitative estimate of drug-likeness (QED) is 0.0333. The van der Waals surface area contributed by atoms with E-state index in [0.717, 1.165) is 25.0 Å². The average molecular weight is 1040 g/mol. The summed E-state index contributed by atoms with van der Waals surface area (Å²) >= 11 is 31.4. The minimum atomic E-state index is -1.64. The molecular formula is C48H45Cl5N8O8. The van der Waals surface area contributed by atoms with E-state index in [0.29, 0.717) is 28.4 Å². The van der Waals surface area contributed by atoms with Crippen molar-refractivity contribution in [3.05, 3.63) is 129 Å². The van der Waals surface area contributed by atoms with Crippen LogP contribution in [0.2, 0.25) is 10.0 Å². The van der Waals surface area contributed by atoms with Crippen molar-refractivity contribution in [2.75, 3.05) is 41.4 Å². The van der Waals surface area contributed by atoms with Crippen LogP contribution in [0.25, 0.3) is 0 Å². The van der Waals surface area contributed by atoms with Gasteiger partial charge in [0, 0.05) is 28.4 Å². The fourth-order valence-electron chi connectivity index (χ4n) is 6.38. The molecule has 0 bridgehead atoms. The van der Waals surface area contributed by atoms with Gasteiger partial charge in [-0.15, -0.1) is 34.8 Å². The fourth-order valence-corrected chi connectivity index (χ4v) is 7.17.